The molecular weight excluding hydrogens is 258 g/mol. The number of carbonyl (C=O) groups excluding carboxylic acids is 1. The molecule has 0 fully saturated rings. The highest BCUT2D eigenvalue weighted by atomic mass is 32.1. The first-order valence-corrected chi connectivity index (χ1v) is 7.16. The molecule has 1 amide bonds. The Hall–Kier alpha value is -1.31. The van der Waals surface area contributed by atoms with Crippen LogP contribution in [0.2, 0.25) is 0 Å². The van der Waals surface area contributed by atoms with Crippen LogP contribution in [0.5, 0.6) is 0 Å². The van der Waals surface area contributed by atoms with E-state index in [9.17, 15) is 4.79 Å². The lowest BCUT2D eigenvalue weighted by atomic mass is 9.81. The highest BCUT2D eigenvalue weighted by Gasteiger charge is 2.23. The van der Waals surface area contributed by atoms with E-state index in [1.807, 2.05) is 0 Å². The molecule has 0 atom stereocenters. The number of thiophene rings is 1. The molecule has 3 nitrogen and oxygen atoms in total. The second kappa shape index (κ2) is 6.74. The lowest BCUT2D eigenvalue weighted by molar-refractivity contribution is 0.0929. The van der Waals surface area contributed by atoms with E-state index in [0.717, 1.165) is 4.88 Å². The third kappa shape index (κ3) is 4.70. The van der Waals surface area contributed by atoms with Crippen LogP contribution in [0.25, 0.3) is 0 Å². The Morgan fingerprint density at radius 2 is 2.16 bits per heavy atom. The maximum absolute atomic E-state index is 12.0. The van der Waals surface area contributed by atoms with Gasteiger partial charge in [0.05, 0.1) is 9.75 Å². The summed E-state index contributed by atoms with van der Waals surface area (Å²) in [4.78, 5) is 13.5. The monoisotopic (exact) mass is 279 g/mol. The number of aliphatic hydroxyl groups is 1. The van der Waals surface area contributed by atoms with Crippen LogP contribution in [0, 0.1) is 23.2 Å². The molecule has 0 saturated heterocycles. The summed E-state index contributed by atoms with van der Waals surface area (Å²) in [6.07, 6.45) is 0. The molecule has 1 rings (SSSR count). The van der Waals surface area contributed by atoms with Crippen molar-refractivity contribution in [3.05, 3.63) is 21.9 Å². The molecule has 0 radical (unpaired) electrons. The fourth-order valence-electron chi connectivity index (χ4n) is 1.25. The Bertz CT molecular complexity index is 492. The van der Waals surface area contributed by atoms with Gasteiger partial charge in [-0.05, 0) is 23.5 Å². The SMILES string of the molecule is CC(C)C(C)(C)CNC(=O)c1ccc(C#CCO)s1. The summed E-state index contributed by atoms with van der Waals surface area (Å²) in [6.45, 7) is 9.08. The van der Waals surface area contributed by atoms with Gasteiger partial charge in [-0.15, -0.1) is 11.3 Å². The lowest BCUT2D eigenvalue weighted by Crippen LogP contribution is -2.36. The van der Waals surface area contributed by atoms with Crippen LogP contribution in [-0.2, 0) is 0 Å². The fourth-order valence-corrected chi connectivity index (χ4v) is 2.05. The molecule has 1 heterocycles. The van der Waals surface area contributed by atoms with Crippen LogP contribution in [0.15, 0.2) is 12.1 Å². The summed E-state index contributed by atoms with van der Waals surface area (Å²) in [6, 6.07) is 3.57. The van der Waals surface area contributed by atoms with Crippen molar-refractivity contribution in [2.45, 2.75) is 27.7 Å². The Morgan fingerprint density at radius 1 is 1.47 bits per heavy atom. The average Bonchev–Trinajstić information content (AvgIpc) is 2.82. The number of hydrogen-bond donors (Lipinski definition) is 2. The van der Waals surface area contributed by atoms with Gasteiger partial charge in [0.15, 0.2) is 0 Å². The van der Waals surface area contributed by atoms with Crippen LogP contribution in [0.3, 0.4) is 0 Å². The standard InChI is InChI=1S/C15H21NO2S/c1-11(2)15(3,4)10-16-14(18)13-8-7-12(19-13)6-5-9-17/h7-8,11,17H,9-10H2,1-4H3,(H,16,18). The fraction of sp³-hybridized carbons (Fsp3) is 0.533. The molecular formula is C15H21NO2S. The number of carbonyl (C=O) groups is 1. The second-order valence-electron chi connectivity index (χ2n) is 5.45. The smallest absolute Gasteiger partial charge is 0.261 e. The van der Waals surface area contributed by atoms with Gasteiger partial charge in [0, 0.05) is 6.54 Å². The summed E-state index contributed by atoms with van der Waals surface area (Å²) in [5, 5.41) is 11.6. The molecule has 0 unspecified atom stereocenters. The van der Waals surface area contributed by atoms with E-state index in [1.54, 1.807) is 12.1 Å². The summed E-state index contributed by atoms with van der Waals surface area (Å²) in [5.41, 5.74) is 0.0758. The normalized spacial score (nSPS) is 11.1. The van der Waals surface area contributed by atoms with E-state index < -0.39 is 0 Å². The molecule has 0 spiro atoms. The zero-order chi connectivity index (χ0) is 14.5. The molecule has 2 N–H and O–H groups in total. The van der Waals surface area contributed by atoms with Crippen molar-refractivity contribution in [1.82, 2.24) is 5.32 Å². The number of aliphatic hydroxyl groups excluding tert-OH is 1. The van der Waals surface area contributed by atoms with E-state index in [0.29, 0.717) is 17.3 Å². The van der Waals surface area contributed by atoms with E-state index in [-0.39, 0.29) is 17.9 Å². The quantitative estimate of drug-likeness (QED) is 0.832. The Balaban J connectivity index is 2.62. The van der Waals surface area contributed by atoms with Crippen molar-refractivity contribution in [3.63, 3.8) is 0 Å². The molecule has 1 aromatic rings. The van der Waals surface area contributed by atoms with Gasteiger partial charge in [-0.1, -0.05) is 39.5 Å². The van der Waals surface area contributed by atoms with E-state index in [1.165, 1.54) is 11.3 Å². The van der Waals surface area contributed by atoms with Gasteiger partial charge in [-0.2, -0.15) is 0 Å². The van der Waals surface area contributed by atoms with Crippen molar-refractivity contribution < 1.29 is 9.90 Å². The number of amides is 1. The minimum atomic E-state index is -0.165. The van der Waals surface area contributed by atoms with Crippen molar-refractivity contribution in [3.8, 4) is 11.8 Å². The molecule has 4 heteroatoms. The predicted octanol–water partition coefficient (Wildman–Crippen LogP) is 2.50. The predicted molar refractivity (Wildman–Crippen MR) is 79.2 cm³/mol. The first kappa shape index (κ1) is 15.7. The maximum atomic E-state index is 12.0. The zero-order valence-corrected chi connectivity index (χ0v) is 12.7. The van der Waals surface area contributed by atoms with Crippen molar-refractivity contribution in [2.75, 3.05) is 13.2 Å². The van der Waals surface area contributed by atoms with Gasteiger partial charge in [0.1, 0.15) is 6.61 Å². The first-order chi connectivity index (χ1) is 8.86. The third-order valence-corrected chi connectivity index (χ3v) is 4.39. The van der Waals surface area contributed by atoms with Crippen LogP contribution >= 0.6 is 11.3 Å². The Morgan fingerprint density at radius 3 is 2.74 bits per heavy atom. The largest absolute Gasteiger partial charge is 0.384 e. The van der Waals surface area contributed by atoms with E-state index >= 15 is 0 Å². The minimum absolute atomic E-state index is 0.0595. The summed E-state index contributed by atoms with van der Waals surface area (Å²) < 4.78 is 0. The Labute approximate surface area is 119 Å². The van der Waals surface area contributed by atoms with Gasteiger partial charge in [0.2, 0.25) is 0 Å². The molecule has 0 saturated carbocycles. The van der Waals surface area contributed by atoms with Crippen LogP contribution in [0.4, 0.5) is 0 Å². The zero-order valence-electron chi connectivity index (χ0n) is 11.9. The molecule has 19 heavy (non-hydrogen) atoms. The molecule has 0 bridgehead atoms. The van der Waals surface area contributed by atoms with E-state index in [4.69, 9.17) is 5.11 Å². The summed E-state index contributed by atoms with van der Waals surface area (Å²) in [7, 11) is 0. The van der Waals surface area contributed by atoms with Gasteiger partial charge in [-0.25, -0.2) is 0 Å². The number of rotatable bonds is 4. The van der Waals surface area contributed by atoms with Crippen LogP contribution in [-0.4, -0.2) is 24.2 Å². The molecule has 104 valence electrons. The number of nitrogens with one attached hydrogen (secondary N) is 1. The van der Waals surface area contributed by atoms with Crippen molar-refractivity contribution >= 4 is 17.2 Å². The highest BCUT2D eigenvalue weighted by molar-refractivity contribution is 7.14. The summed E-state index contributed by atoms with van der Waals surface area (Å²) >= 11 is 1.34. The molecule has 0 aliphatic carbocycles. The molecule has 0 aliphatic heterocycles. The third-order valence-electron chi connectivity index (χ3n) is 3.39. The van der Waals surface area contributed by atoms with Crippen LogP contribution in [0.1, 0.15) is 42.2 Å². The second-order valence-corrected chi connectivity index (χ2v) is 6.53. The van der Waals surface area contributed by atoms with Crippen molar-refractivity contribution in [2.24, 2.45) is 11.3 Å². The van der Waals surface area contributed by atoms with Gasteiger partial charge >= 0.3 is 0 Å². The number of hydrogen-bond acceptors (Lipinski definition) is 3. The van der Waals surface area contributed by atoms with Gasteiger partial charge in [-0.3, -0.25) is 4.79 Å². The maximum Gasteiger partial charge on any atom is 0.261 e. The van der Waals surface area contributed by atoms with E-state index in [2.05, 4.69) is 44.9 Å². The average molecular weight is 279 g/mol. The summed E-state index contributed by atoms with van der Waals surface area (Å²) in [5.74, 6) is 5.81. The molecule has 0 aromatic carbocycles. The topological polar surface area (TPSA) is 49.3 Å². The Kier molecular flexibility index (Phi) is 5.59. The van der Waals surface area contributed by atoms with Gasteiger partial charge in [0.25, 0.3) is 5.91 Å². The van der Waals surface area contributed by atoms with Gasteiger partial charge < -0.3 is 10.4 Å². The minimum Gasteiger partial charge on any atom is -0.384 e. The first-order valence-electron chi connectivity index (χ1n) is 6.34. The van der Waals surface area contributed by atoms with Crippen molar-refractivity contribution in [1.29, 1.82) is 0 Å². The lowest BCUT2D eigenvalue weighted by Gasteiger charge is -2.29. The molecule has 0 aliphatic rings. The molecule has 1 aromatic heterocycles. The van der Waals surface area contributed by atoms with Crippen LogP contribution < -0.4 is 5.32 Å². The highest BCUT2D eigenvalue weighted by Crippen LogP contribution is 2.25.